The quantitative estimate of drug-likeness (QED) is 0.318. The number of hydrogen-bond donors (Lipinski definition) is 3. The lowest BCUT2D eigenvalue weighted by molar-refractivity contribution is 0.0880. The number of fused-ring (bicyclic) bond motifs is 10. The summed E-state index contributed by atoms with van der Waals surface area (Å²) in [6, 6.07) is 10.9. The number of halogens is 2. The van der Waals surface area contributed by atoms with Gasteiger partial charge < -0.3 is 9.97 Å². The normalized spacial score (nSPS) is 14.0. The third-order valence-electron chi connectivity index (χ3n) is 5.20. The first kappa shape index (κ1) is 15.1. The Kier molecular flexibility index (Phi) is 2.69. The number of nitrogens with one attached hydrogen (secondary N) is 3. The predicted molar refractivity (Wildman–Crippen MR) is 107 cm³/mol. The van der Waals surface area contributed by atoms with Gasteiger partial charge in [-0.3, -0.25) is 14.9 Å². The monoisotopic (exact) mass is 393 g/mol. The molecule has 0 saturated heterocycles. The van der Waals surface area contributed by atoms with Crippen molar-refractivity contribution < 1.29 is 9.59 Å². The van der Waals surface area contributed by atoms with E-state index in [1.165, 1.54) is 0 Å². The van der Waals surface area contributed by atoms with Gasteiger partial charge in [0, 0.05) is 42.6 Å². The number of hydrogen-bond acceptors (Lipinski definition) is 2. The van der Waals surface area contributed by atoms with Crippen LogP contribution in [0.5, 0.6) is 0 Å². The summed E-state index contributed by atoms with van der Waals surface area (Å²) in [6.45, 7) is 0. The van der Waals surface area contributed by atoms with Crippen LogP contribution in [0.15, 0.2) is 36.4 Å². The van der Waals surface area contributed by atoms with E-state index in [9.17, 15) is 9.59 Å². The van der Waals surface area contributed by atoms with Crippen molar-refractivity contribution in [2.45, 2.75) is 0 Å². The largest absolute Gasteiger partial charge is 0.353 e. The zero-order valence-corrected chi connectivity index (χ0v) is 15.0. The second kappa shape index (κ2) is 4.82. The van der Waals surface area contributed by atoms with E-state index in [4.69, 9.17) is 23.2 Å². The van der Waals surface area contributed by atoms with Crippen molar-refractivity contribution in [1.29, 1.82) is 0 Å². The van der Waals surface area contributed by atoms with E-state index >= 15 is 0 Å². The maximum atomic E-state index is 12.7. The molecular weight excluding hydrogens is 385 g/mol. The molecule has 0 aliphatic carbocycles. The fourth-order valence-corrected chi connectivity index (χ4v) is 4.50. The maximum Gasteiger partial charge on any atom is 0.259 e. The zero-order valence-electron chi connectivity index (χ0n) is 13.5. The van der Waals surface area contributed by atoms with Gasteiger partial charge in [-0.2, -0.15) is 0 Å². The van der Waals surface area contributed by atoms with Gasteiger partial charge in [0.1, 0.15) is 0 Å². The van der Waals surface area contributed by atoms with Gasteiger partial charge in [-0.1, -0.05) is 23.2 Å². The van der Waals surface area contributed by atoms with Gasteiger partial charge in [0.2, 0.25) is 0 Å². The number of aromatic amines is 2. The van der Waals surface area contributed by atoms with Gasteiger partial charge in [0.05, 0.1) is 22.2 Å². The summed E-state index contributed by atoms with van der Waals surface area (Å²) in [5.74, 6) is -0.807. The first-order chi connectivity index (χ1) is 13.0. The number of H-pyrrole nitrogens is 2. The smallest absolute Gasteiger partial charge is 0.259 e. The molecule has 7 heteroatoms. The minimum atomic E-state index is -0.404. The van der Waals surface area contributed by atoms with Gasteiger partial charge in [0.25, 0.3) is 11.8 Å². The summed E-state index contributed by atoms with van der Waals surface area (Å²) in [4.78, 5) is 32.1. The van der Waals surface area contributed by atoms with Crippen LogP contribution >= 0.6 is 23.2 Å². The molecule has 2 amide bonds. The van der Waals surface area contributed by atoms with Crippen LogP contribution in [0.25, 0.3) is 43.6 Å². The summed E-state index contributed by atoms with van der Waals surface area (Å²) in [5.41, 5.74) is 3.95. The molecule has 27 heavy (non-hydrogen) atoms. The molecule has 3 N–H and O–H groups in total. The molecule has 0 spiro atoms. The fraction of sp³-hybridized carbons (Fsp3) is 0. The Morgan fingerprint density at radius 3 is 1.56 bits per heavy atom. The number of carbonyl (C=O) groups excluding carboxylic acids is 2. The first-order valence-corrected chi connectivity index (χ1v) is 9.02. The van der Waals surface area contributed by atoms with Crippen LogP contribution in [-0.2, 0) is 0 Å². The van der Waals surface area contributed by atoms with Gasteiger partial charge in [-0.05, 0) is 36.4 Å². The number of aromatic nitrogens is 2. The molecule has 2 aromatic heterocycles. The van der Waals surface area contributed by atoms with Crippen molar-refractivity contribution in [2.75, 3.05) is 0 Å². The van der Waals surface area contributed by atoms with Crippen LogP contribution < -0.4 is 5.32 Å². The topological polar surface area (TPSA) is 77.8 Å². The Balaban J connectivity index is 2.00. The third-order valence-corrected chi connectivity index (χ3v) is 5.67. The average molecular weight is 394 g/mol. The van der Waals surface area contributed by atoms with E-state index in [0.29, 0.717) is 31.9 Å². The van der Waals surface area contributed by atoms with Crippen molar-refractivity contribution >= 4 is 78.6 Å². The van der Waals surface area contributed by atoms with Crippen LogP contribution in [-0.4, -0.2) is 21.8 Å². The number of imide groups is 1. The Bertz CT molecular complexity index is 1400. The average Bonchev–Trinajstić information content (AvgIpc) is 3.26. The molecule has 6 rings (SSSR count). The molecule has 0 bridgehead atoms. The molecule has 1 aliphatic heterocycles. The summed E-state index contributed by atoms with van der Waals surface area (Å²) in [7, 11) is 0. The SMILES string of the molecule is O=C1NC(=O)c2c1c1c3cc(Cl)ccc3[nH]c1c1[nH]c3ccc(Cl)cc3c21. The summed E-state index contributed by atoms with van der Waals surface area (Å²) >= 11 is 12.4. The minimum Gasteiger partial charge on any atom is -0.353 e. The highest BCUT2D eigenvalue weighted by Gasteiger charge is 2.34. The molecule has 130 valence electrons. The van der Waals surface area contributed by atoms with Crippen molar-refractivity contribution in [3.63, 3.8) is 0 Å². The Morgan fingerprint density at radius 2 is 1.11 bits per heavy atom. The molecule has 0 fully saturated rings. The summed E-state index contributed by atoms with van der Waals surface area (Å²) in [6.07, 6.45) is 0. The minimum absolute atomic E-state index is 0.372. The summed E-state index contributed by atoms with van der Waals surface area (Å²) < 4.78 is 0. The number of rotatable bonds is 0. The Morgan fingerprint density at radius 1 is 0.667 bits per heavy atom. The van der Waals surface area contributed by atoms with Crippen molar-refractivity contribution in [3.05, 3.63) is 57.6 Å². The second-order valence-corrected chi connectivity index (χ2v) is 7.54. The molecule has 5 aromatic rings. The van der Waals surface area contributed by atoms with Gasteiger partial charge in [-0.25, -0.2) is 0 Å². The lowest BCUT2D eigenvalue weighted by Gasteiger charge is -2.03. The van der Waals surface area contributed by atoms with E-state index in [-0.39, 0.29) is 0 Å². The van der Waals surface area contributed by atoms with Crippen molar-refractivity contribution in [1.82, 2.24) is 15.3 Å². The Hall–Kier alpha value is -3.02. The number of amides is 2. The third kappa shape index (κ3) is 1.80. The molecule has 0 radical (unpaired) electrons. The predicted octanol–water partition coefficient (Wildman–Crippen LogP) is 5.15. The Labute approximate surface area is 161 Å². The van der Waals surface area contributed by atoms with Crippen molar-refractivity contribution in [2.24, 2.45) is 0 Å². The standard InChI is InChI=1S/C20H9Cl2N3O2/c21-7-1-3-11-9(5-7)13-15-16(20(27)25-19(15)26)14-10-6-8(22)2-4-12(10)24-18(14)17(13)23-11/h1-6,23-24H,(H,25,26,27). The number of benzene rings is 3. The van der Waals surface area contributed by atoms with Crippen LogP contribution in [0, 0.1) is 0 Å². The van der Waals surface area contributed by atoms with E-state index in [1.807, 2.05) is 12.1 Å². The second-order valence-electron chi connectivity index (χ2n) is 6.66. The van der Waals surface area contributed by atoms with Gasteiger partial charge >= 0.3 is 0 Å². The van der Waals surface area contributed by atoms with Crippen LogP contribution in [0.4, 0.5) is 0 Å². The molecular formula is C20H9Cl2N3O2. The van der Waals surface area contributed by atoms with E-state index in [1.54, 1.807) is 24.3 Å². The molecule has 0 atom stereocenters. The molecule has 5 nitrogen and oxygen atoms in total. The van der Waals surface area contributed by atoms with E-state index in [0.717, 1.165) is 32.8 Å². The highest BCUT2D eigenvalue weighted by Crippen LogP contribution is 2.42. The highest BCUT2D eigenvalue weighted by atomic mass is 35.5. The molecule has 1 aliphatic rings. The van der Waals surface area contributed by atoms with Crippen LogP contribution in [0.1, 0.15) is 20.7 Å². The molecule has 0 unspecified atom stereocenters. The fourth-order valence-electron chi connectivity index (χ4n) is 4.15. The van der Waals surface area contributed by atoms with E-state index in [2.05, 4.69) is 15.3 Å². The number of carbonyl (C=O) groups is 2. The van der Waals surface area contributed by atoms with Crippen LogP contribution in [0.2, 0.25) is 10.0 Å². The molecule has 3 heterocycles. The summed E-state index contributed by atoms with van der Waals surface area (Å²) in [5, 5.41) is 6.54. The van der Waals surface area contributed by atoms with E-state index < -0.39 is 11.8 Å². The first-order valence-electron chi connectivity index (χ1n) is 8.26. The van der Waals surface area contributed by atoms with Crippen LogP contribution in [0.3, 0.4) is 0 Å². The highest BCUT2D eigenvalue weighted by molar-refractivity contribution is 6.40. The van der Waals surface area contributed by atoms with Gasteiger partial charge in [-0.15, -0.1) is 0 Å². The molecule has 0 saturated carbocycles. The van der Waals surface area contributed by atoms with Gasteiger partial charge in [0.15, 0.2) is 0 Å². The lowest BCUT2D eigenvalue weighted by Crippen LogP contribution is -2.20. The maximum absolute atomic E-state index is 12.7. The zero-order chi connectivity index (χ0) is 18.4. The molecule has 3 aromatic carbocycles. The van der Waals surface area contributed by atoms with Crippen molar-refractivity contribution in [3.8, 4) is 0 Å². The lowest BCUT2D eigenvalue weighted by atomic mass is 9.97.